The molecule has 2 aliphatic heterocycles. The van der Waals surface area contributed by atoms with E-state index in [0.717, 1.165) is 44.3 Å². The van der Waals surface area contributed by atoms with Crippen LogP contribution in [0.5, 0.6) is 5.75 Å². The summed E-state index contributed by atoms with van der Waals surface area (Å²) >= 11 is 0. The first-order valence-electron chi connectivity index (χ1n) is 10.4. The summed E-state index contributed by atoms with van der Waals surface area (Å²) in [5.74, 6) is 1.80. The number of benzene rings is 1. The van der Waals surface area contributed by atoms with E-state index >= 15 is 0 Å². The van der Waals surface area contributed by atoms with E-state index in [1.807, 2.05) is 35.6 Å². The predicted molar refractivity (Wildman–Crippen MR) is 122 cm³/mol. The van der Waals surface area contributed by atoms with E-state index in [1.54, 1.807) is 19.5 Å². The number of nitrogens with one attached hydrogen (secondary N) is 2. The number of carboxylic acid groups (broad SMARTS) is 1. The molecule has 1 amide bonds. The molecule has 1 atom stereocenters. The Balaban J connectivity index is 0.000000217. The smallest absolute Gasteiger partial charge is 0.404 e. The van der Waals surface area contributed by atoms with Gasteiger partial charge in [0.15, 0.2) is 0 Å². The zero-order valence-electron chi connectivity index (χ0n) is 18.6. The third-order valence-electron chi connectivity index (χ3n) is 4.45. The molecule has 1 unspecified atom stereocenters. The van der Waals surface area contributed by atoms with Gasteiger partial charge in [0, 0.05) is 39.1 Å². The zero-order chi connectivity index (χ0) is 22.9. The molecule has 2 saturated heterocycles. The molecule has 9 heteroatoms. The van der Waals surface area contributed by atoms with Crippen molar-refractivity contribution >= 4 is 12.0 Å². The number of hydrogen-bond donors (Lipinski definition) is 4. The molecule has 31 heavy (non-hydrogen) atoms. The number of ether oxygens (including phenoxy) is 1. The van der Waals surface area contributed by atoms with Crippen LogP contribution in [0.1, 0.15) is 24.8 Å². The van der Waals surface area contributed by atoms with E-state index in [-0.39, 0.29) is 6.10 Å². The Morgan fingerprint density at radius 1 is 1.19 bits per heavy atom. The minimum absolute atomic E-state index is 0.0648. The summed E-state index contributed by atoms with van der Waals surface area (Å²) in [5.41, 5.74) is 1.26. The molecule has 0 bridgehead atoms. The van der Waals surface area contributed by atoms with Crippen molar-refractivity contribution in [1.82, 2.24) is 20.6 Å². The van der Waals surface area contributed by atoms with Crippen LogP contribution in [0.3, 0.4) is 0 Å². The number of anilines is 1. The highest BCUT2D eigenvalue weighted by atomic mass is 16.5. The van der Waals surface area contributed by atoms with Crippen LogP contribution in [-0.4, -0.2) is 72.7 Å². The Hall–Kier alpha value is -2.91. The van der Waals surface area contributed by atoms with Gasteiger partial charge in [-0.1, -0.05) is 17.7 Å². The Morgan fingerprint density at radius 3 is 2.16 bits per heavy atom. The monoisotopic (exact) mass is 433 g/mol. The molecule has 9 nitrogen and oxygen atoms in total. The van der Waals surface area contributed by atoms with E-state index in [4.69, 9.17) is 14.9 Å². The van der Waals surface area contributed by atoms with E-state index < -0.39 is 6.09 Å². The molecule has 0 radical (unpaired) electrons. The predicted octanol–water partition coefficient (Wildman–Crippen LogP) is 2.30. The summed E-state index contributed by atoms with van der Waals surface area (Å²) in [7, 11) is 3.02. The highest BCUT2D eigenvalue weighted by Crippen LogP contribution is 2.13. The van der Waals surface area contributed by atoms with Gasteiger partial charge in [-0.15, -0.1) is 0 Å². The topological polar surface area (TPSA) is 120 Å². The highest BCUT2D eigenvalue weighted by molar-refractivity contribution is 5.63. The van der Waals surface area contributed by atoms with Gasteiger partial charge in [0.25, 0.3) is 0 Å². The van der Waals surface area contributed by atoms with Gasteiger partial charge in [0.05, 0.1) is 13.2 Å². The Kier molecular flexibility index (Phi) is 13.4. The third kappa shape index (κ3) is 12.4. The minimum Gasteiger partial charge on any atom is -0.497 e. The fourth-order valence-corrected chi connectivity index (χ4v) is 2.69. The molecule has 0 saturated carbocycles. The molecule has 4 N–H and O–H groups in total. The largest absolute Gasteiger partial charge is 0.497 e. The van der Waals surface area contributed by atoms with Gasteiger partial charge in [-0.05, 0) is 50.9 Å². The van der Waals surface area contributed by atoms with Gasteiger partial charge in [-0.3, -0.25) is 0 Å². The number of β-amino-alcohol motifs (C(OH)–C–C–N with tert-alkyl or cyclic N) is 1. The Morgan fingerprint density at radius 2 is 1.77 bits per heavy atom. The number of hydrogen-bond acceptors (Lipinski definition) is 7. The molecule has 172 valence electrons. The summed E-state index contributed by atoms with van der Waals surface area (Å²) in [6.07, 6.45) is 6.01. The Bertz CT molecular complexity index is 704. The minimum atomic E-state index is -0.995. The van der Waals surface area contributed by atoms with Crippen LogP contribution in [0.4, 0.5) is 10.7 Å². The van der Waals surface area contributed by atoms with Crippen LogP contribution in [0.15, 0.2) is 42.7 Å². The van der Waals surface area contributed by atoms with Crippen LogP contribution in [0, 0.1) is 6.92 Å². The van der Waals surface area contributed by atoms with Gasteiger partial charge in [-0.2, -0.15) is 0 Å². The maximum atomic E-state index is 9.26. The SMILES string of the molecule is CNC(=O)O.COc1ccc(C)cc1.OC1CCNC1.c1cnc(N2CCCC2)nc1. The van der Waals surface area contributed by atoms with Gasteiger partial charge in [0.1, 0.15) is 5.75 Å². The highest BCUT2D eigenvalue weighted by Gasteiger charge is 2.13. The molecule has 3 heterocycles. The van der Waals surface area contributed by atoms with Gasteiger partial charge in [0.2, 0.25) is 5.95 Å². The number of aliphatic hydroxyl groups is 1. The Labute approximate surface area is 184 Å². The van der Waals surface area contributed by atoms with Crippen LogP contribution >= 0.6 is 0 Å². The zero-order valence-corrected chi connectivity index (χ0v) is 18.6. The quantitative estimate of drug-likeness (QED) is 0.570. The van der Waals surface area contributed by atoms with E-state index in [1.165, 1.54) is 25.5 Å². The first-order chi connectivity index (χ1) is 15.0. The molecular formula is C22H35N5O4. The molecule has 4 rings (SSSR count). The summed E-state index contributed by atoms with van der Waals surface area (Å²) in [4.78, 5) is 19.8. The summed E-state index contributed by atoms with van der Waals surface area (Å²) in [5, 5.41) is 21.2. The molecule has 0 spiro atoms. The first-order valence-corrected chi connectivity index (χ1v) is 10.4. The average Bonchev–Trinajstić information content (AvgIpc) is 3.50. The van der Waals surface area contributed by atoms with Crippen molar-refractivity contribution in [1.29, 1.82) is 0 Å². The van der Waals surface area contributed by atoms with Crippen LogP contribution in [-0.2, 0) is 0 Å². The van der Waals surface area contributed by atoms with E-state index in [2.05, 4.69) is 27.1 Å². The van der Waals surface area contributed by atoms with Crippen molar-refractivity contribution in [3.8, 4) is 5.75 Å². The van der Waals surface area contributed by atoms with E-state index in [9.17, 15) is 4.79 Å². The lowest BCUT2D eigenvalue weighted by Gasteiger charge is -2.13. The van der Waals surface area contributed by atoms with Crippen molar-refractivity contribution in [2.45, 2.75) is 32.3 Å². The number of amides is 1. The van der Waals surface area contributed by atoms with Gasteiger partial charge < -0.3 is 30.5 Å². The standard InChI is InChI=1S/C8H11N3.C8H10O.C4H9NO.C2H5NO2/c1-2-7-11(6-1)8-9-4-3-5-10-8;1-7-3-5-8(9-2)6-4-7;6-4-1-2-5-3-4;1-3-2(4)5/h3-5H,1-2,6-7H2;3-6H,1-2H3;4-6H,1-3H2;3H,1H3,(H,4,5). The van der Waals surface area contributed by atoms with Crippen LogP contribution in [0.2, 0.25) is 0 Å². The first kappa shape index (κ1) is 26.1. The van der Waals surface area contributed by atoms with Crippen molar-refractivity contribution in [3.63, 3.8) is 0 Å². The normalized spacial score (nSPS) is 16.5. The fourth-order valence-electron chi connectivity index (χ4n) is 2.69. The van der Waals surface area contributed by atoms with Crippen LogP contribution in [0.25, 0.3) is 0 Å². The number of aryl methyl sites for hydroxylation is 1. The summed E-state index contributed by atoms with van der Waals surface area (Å²) in [6.45, 7) is 6.06. The lowest BCUT2D eigenvalue weighted by atomic mass is 10.2. The maximum Gasteiger partial charge on any atom is 0.404 e. The second-order valence-corrected chi connectivity index (χ2v) is 6.96. The van der Waals surface area contributed by atoms with Crippen molar-refractivity contribution in [2.75, 3.05) is 45.2 Å². The lowest BCUT2D eigenvalue weighted by Crippen LogP contribution is -2.19. The fraction of sp³-hybridized carbons (Fsp3) is 0.500. The molecule has 1 aromatic carbocycles. The van der Waals surface area contributed by atoms with Gasteiger partial charge >= 0.3 is 6.09 Å². The average molecular weight is 434 g/mol. The van der Waals surface area contributed by atoms with Crippen molar-refractivity contribution in [2.24, 2.45) is 0 Å². The number of rotatable bonds is 2. The molecule has 0 aliphatic carbocycles. The molecule has 1 aromatic heterocycles. The molecule has 2 fully saturated rings. The lowest BCUT2D eigenvalue weighted by molar-refractivity contribution is 0.196. The number of carbonyl (C=O) groups is 1. The van der Waals surface area contributed by atoms with Gasteiger partial charge in [-0.25, -0.2) is 14.8 Å². The number of aliphatic hydroxyl groups excluding tert-OH is 1. The maximum absolute atomic E-state index is 9.26. The van der Waals surface area contributed by atoms with Crippen molar-refractivity contribution < 1.29 is 19.7 Å². The van der Waals surface area contributed by atoms with Crippen LogP contribution < -0.4 is 20.3 Å². The third-order valence-corrected chi connectivity index (χ3v) is 4.45. The van der Waals surface area contributed by atoms with Crippen molar-refractivity contribution in [3.05, 3.63) is 48.3 Å². The summed E-state index contributed by atoms with van der Waals surface area (Å²) < 4.78 is 4.97. The van der Waals surface area contributed by atoms with E-state index in [0.29, 0.717) is 0 Å². The second-order valence-electron chi connectivity index (χ2n) is 6.96. The number of aromatic nitrogens is 2. The molecular weight excluding hydrogens is 398 g/mol. The number of nitrogens with zero attached hydrogens (tertiary/aromatic N) is 3. The molecule has 2 aliphatic rings. The number of methoxy groups -OCH3 is 1. The molecule has 2 aromatic rings. The second kappa shape index (κ2) is 15.9. The summed E-state index contributed by atoms with van der Waals surface area (Å²) in [6, 6.07) is 9.81.